The molecule has 7 nitrogen and oxygen atoms in total. The average Bonchev–Trinajstić information content (AvgIpc) is 2.70. The number of benzene rings is 2. The first-order valence-corrected chi connectivity index (χ1v) is 7.84. The van der Waals surface area contributed by atoms with Crippen LogP contribution in [0.5, 0.6) is 17.2 Å². The molecule has 138 valence electrons. The van der Waals surface area contributed by atoms with Crippen LogP contribution in [0.25, 0.3) is 6.08 Å². The van der Waals surface area contributed by atoms with Crippen LogP contribution in [0.3, 0.4) is 0 Å². The lowest BCUT2D eigenvalue weighted by Crippen LogP contribution is -2.18. The molecule has 2 aromatic carbocycles. The van der Waals surface area contributed by atoms with Gasteiger partial charge in [-0.15, -0.1) is 0 Å². The molecule has 2 aromatic rings. The number of nitriles is 1. The second-order valence-corrected chi connectivity index (χ2v) is 5.15. The number of methoxy groups -OCH3 is 2. The van der Waals surface area contributed by atoms with Gasteiger partial charge in [0.05, 0.1) is 14.2 Å². The summed E-state index contributed by atoms with van der Waals surface area (Å²) in [5, 5.41) is 8.99. The van der Waals surface area contributed by atoms with Crippen molar-refractivity contribution in [3.8, 4) is 23.3 Å². The number of hydrogen-bond acceptors (Lipinski definition) is 7. The second-order valence-electron chi connectivity index (χ2n) is 5.15. The van der Waals surface area contributed by atoms with E-state index in [0.717, 1.165) is 0 Å². The summed E-state index contributed by atoms with van der Waals surface area (Å²) in [6.07, 6.45) is 1.34. The van der Waals surface area contributed by atoms with E-state index in [-0.39, 0.29) is 17.9 Å². The Balaban J connectivity index is 2.03. The Morgan fingerprint density at radius 3 is 2.48 bits per heavy atom. The molecule has 7 heteroatoms. The molecule has 0 N–H and O–H groups in total. The van der Waals surface area contributed by atoms with Gasteiger partial charge in [0.15, 0.2) is 18.1 Å². The summed E-state index contributed by atoms with van der Waals surface area (Å²) in [6, 6.07) is 15.1. The molecule has 0 atom stereocenters. The lowest BCUT2D eigenvalue weighted by Gasteiger charge is -2.10. The highest BCUT2D eigenvalue weighted by molar-refractivity contribution is 5.97. The lowest BCUT2D eigenvalue weighted by molar-refractivity contribution is -0.137. The second kappa shape index (κ2) is 9.63. The molecule has 0 heterocycles. The molecule has 27 heavy (non-hydrogen) atoms. The largest absolute Gasteiger partial charge is 0.493 e. The molecule has 0 radical (unpaired) electrons. The van der Waals surface area contributed by atoms with Crippen molar-refractivity contribution in [2.75, 3.05) is 20.8 Å². The fourth-order valence-corrected chi connectivity index (χ4v) is 2.12. The van der Waals surface area contributed by atoms with Crippen LogP contribution in [0.1, 0.15) is 5.56 Å². The van der Waals surface area contributed by atoms with E-state index in [9.17, 15) is 9.59 Å². The molecular formula is C20H17NO6. The van der Waals surface area contributed by atoms with Crippen LogP contribution >= 0.6 is 0 Å². The topological polar surface area (TPSA) is 94.9 Å². The van der Waals surface area contributed by atoms with Crippen LogP contribution in [0, 0.1) is 11.3 Å². The Morgan fingerprint density at radius 1 is 1.07 bits per heavy atom. The third kappa shape index (κ3) is 5.61. The molecule has 0 bridgehead atoms. The molecule has 0 spiro atoms. The molecule has 0 aliphatic carbocycles. The molecule has 0 unspecified atom stereocenters. The lowest BCUT2D eigenvalue weighted by atomic mass is 10.1. The van der Waals surface area contributed by atoms with Gasteiger partial charge in [-0.3, -0.25) is 0 Å². The molecule has 2 rings (SSSR count). The van der Waals surface area contributed by atoms with E-state index in [0.29, 0.717) is 17.1 Å². The maximum absolute atomic E-state index is 12.0. The number of esters is 2. The van der Waals surface area contributed by atoms with Gasteiger partial charge in [0.25, 0.3) is 0 Å². The van der Waals surface area contributed by atoms with Gasteiger partial charge in [-0.25, -0.2) is 9.59 Å². The van der Waals surface area contributed by atoms with E-state index in [1.807, 2.05) is 0 Å². The minimum absolute atomic E-state index is 0.166. The van der Waals surface area contributed by atoms with Crippen LogP contribution in [0.2, 0.25) is 0 Å². The smallest absolute Gasteiger partial charge is 0.349 e. The summed E-state index contributed by atoms with van der Waals surface area (Å²) in [5.41, 5.74) is 0.341. The molecule has 0 aromatic heterocycles. The normalized spacial score (nSPS) is 10.5. The summed E-state index contributed by atoms with van der Waals surface area (Å²) in [4.78, 5) is 23.5. The van der Waals surface area contributed by atoms with Crippen LogP contribution in [-0.2, 0) is 14.3 Å². The van der Waals surface area contributed by atoms with Crippen molar-refractivity contribution in [2.45, 2.75) is 0 Å². The van der Waals surface area contributed by atoms with Gasteiger partial charge in [0.1, 0.15) is 17.4 Å². The van der Waals surface area contributed by atoms with Crippen LogP contribution in [-0.4, -0.2) is 32.8 Å². The highest BCUT2D eigenvalue weighted by Gasteiger charge is 2.11. The zero-order valence-corrected chi connectivity index (χ0v) is 14.8. The Morgan fingerprint density at radius 2 is 1.81 bits per heavy atom. The van der Waals surface area contributed by atoms with E-state index >= 15 is 0 Å². The monoisotopic (exact) mass is 367 g/mol. The zero-order chi connectivity index (χ0) is 19.6. The van der Waals surface area contributed by atoms with Gasteiger partial charge in [-0.1, -0.05) is 24.3 Å². The SMILES string of the molecule is COC(=O)/C(C#N)=C/c1cccc(OC(=O)COc2ccccc2OC)c1. The van der Waals surface area contributed by atoms with Crippen molar-refractivity contribution in [3.05, 3.63) is 59.7 Å². The minimum atomic E-state index is -0.745. The zero-order valence-electron chi connectivity index (χ0n) is 14.8. The fraction of sp³-hybridized carbons (Fsp3) is 0.150. The summed E-state index contributed by atoms with van der Waals surface area (Å²) < 4.78 is 20.3. The first kappa shape index (κ1) is 19.5. The van der Waals surface area contributed by atoms with Gasteiger partial charge in [-0.2, -0.15) is 5.26 Å². The van der Waals surface area contributed by atoms with Crippen molar-refractivity contribution < 1.29 is 28.5 Å². The van der Waals surface area contributed by atoms with Crippen LogP contribution in [0.4, 0.5) is 0 Å². The predicted octanol–water partition coefficient (Wildman–Crippen LogP) is 2.76. The van der Waals surface area contributed by atoms with Gasteiger partial charge in [0, 0.05) is 0 Å². The maximum atomic E-state index is 12.0. The maximum Gasteiger partial charge on any atom is 0.349 e. The number of carbonyl (C=O) groups excluding carboxylic acids is 2. The number of hydrogen-bond donors (Lipinski definition) is 0. The molecular weight excluding hydrogens is 350 g/mol. The van der Waals surface area contributed by atoms with Crippen molar-refractivity contribution >= 4 is 18.0 Å². The van der Waals surface area contributed by atoms with Gasteiger partial charge < -0.3 is 18.9 Å². The van der Waals surface area contributed by atoms with Crippen molar-refractivity contribution in [1.29, 1.82) is 5.26 Å². The Labute approximate surface area is 156 Å². The van der Waals surface area contributed by atoms with Gasteiger partial charge >= 0.3 is 11.9 Å². The highest BCUT2D eigenvalue weighted by Crippen LogP contribution is 2.25. The van der Waals surface area contributed by atoms with Crippen molar-refractivity contribution in [3.63, 3.8) is 0 Å². The Bertz CT molecular complexity index is 897. The third-order valence-electron chi connectivity index (χ3n) is 3.34. The summed E-state index contributed by atoms with van der Waals surface area (Å²) in [5.74, 6) is -0.185. The predicted molar refractivity (Wildman–Crippen MR) is 96.2 cm³/mol. The van der Waals surface area contributed by atoms with E-state index in [2.05, 4.69) is 4.74 Å². The average molecular weight is 367 g/mol. The van der Waals surface area contributed by atoms with Crippen LogP contribution < -0.4 is 14.2 Å². The summed E-state index contributed by atoms with van der Waals surface area (Å²) in [6.45, 7) is -0.313. The van der Waals surface area contributed by atoms with Gasteiger partial charge in [-0.05, 0) is 35.9 Å². The fourth-order valence-electron chi connectivity index (χ4n) is 2.12. The minimum Gasteiger partial charge on any atom is -0.493 e. The third-order valence-corrected chi connectivity index (χ3v) is 3.34. The molecule has 0 aliphatic heterocycles. The first-order chi connectivity index (χ1) is 13.1. The molecule has 0 fully saturated rings. The van der Waals surface area contributed by atoms with E-state index in [4.69, 9.17) is 19.5 Å². The Hall–Kier alpha value is -3.79. The molecule has 0 aliphatic rings. The standard InChI is InChI=1S/C20H17NO6/c1-24-17-8-3-4-9-18(17)26-13-19(22)27-16-7-5-6-14(11-16)10-15(12-21)20(23)25-2/h3-11H,13H2,1-2H3/b15-10+. The van der Waals surface area contributed by atoms with Crippen molar-refractivity contribution in [1.82, 2.24) is 0 Å². The number of ether oxygens (including phenoxy) is 4. The number of nitrogens with zero attached hydrogens (tertiary/aromatic N) is 1. The molecule has 0 amide bonds. The van der Waals surface area contributed by atoms with E-state index in [1.165, 1.54) is 26.4 Å². The summed E-state index contributed by atoms with van der Waals surface area (Å²) >= 11 is 0. The highest BCUT2D eigenvalue weighted by atomic mass is 16.6. The molecule has 0 saturated heterocycles. The quantitative estimate of drug-likeness (QED) is 0.321. The van der Waals surface area contributed by atoms with Gasteiger partial charge in [0.2, 0.25) is 0 Å². The first-order valence-electron chi connectivity index (χ1n) is 7.84. The number of rotatable bonds is 7. The number of carbonyl (C=O) groups is 2. The van der Waals surface area contributed by atoms with Crippen LogP contribution in [0.15, 0.2) is 54.1 Å². The number of para-hydroxylation sites is 2. The van der Waals surface area contributed by atoms with Crippen molar-refractivity contribution in [2.24, 2.45) is 0 Å². The summed E-state index contributed by atoms with van der Waals surface area (Å²) in [7, 11) is 2.69. The van der Waals surface area contributed by atoms with E-state index < -0.39 is 11.9 Å². The van der Waals surface area contributed by atoms with E-state index in [1.54, 1.807) is 48.5 Å². The molecule has 0 saturated carbocycles. The Kier molecular flexibility index (Phi) is 6.97.